The lowest BCUT2D eigenvalue weighted by Gasteiger charge is -2.10. The van der Waals surface area contributed by atoms with Crippen molar-refractivity contribution in [2.45, 2.75) is 20.0 Å². The van der Waals surface area contributed by atoms with E-state index in [1.165, 1.54) is 12.3 Å². The zero-order valence-electron chi connectivity index (χ0n) is 11.5. The summed E-state index contributed by atoms with van der Waals surface area (Å²) in [5.74, 6) is 0.218. The van der Waals surface area contributed by atoms with Crippen LogP contribution in [0, 0.1) is 6.92 Å². The minimum atomic E-state index is -0.462. The summed E-state index contributed by atoms with van der Waals surface area (Å²) in [5.41, 5.74) is 0.610. The monoisotopic (exact) mass is 309 g/mol. The van der Waals surface area contributed by atoms with E-state index in [9.17, 15) is 14.7 Å². The standard InChI is InChI=1S/C14H16ClN3O3/c1-9-6-11(15)7-10(13(9)20)2-4-16-8-18-12(19)3-5-17-14(18)21/h3,5-7,16,20H,2,4,8H2,1H3,(H,17,21). The van der Waals surface area contributed by atoms with Gasteiger partial charge in [0.15, 0.2) is 0 Å². The highest BCUT2D eigenvalue weighted by Crippen LogP contribution is 2.26. The normalized spacial score (nSPS) is 10.8. The van der Waals surface area contributed by atoms with Crippen LogP contribution < -0.4 is 16.6 Å². The van der Waals surface area contributed by atoms with Crippen LogP contribution >= 0.6 is 11.6 Å². The van der Waals surface area contributed by atoms with E-state index in [1.54, 1.807) is 19.1 Å². The van der Waals surface area contributed by atoms with Crippen molar-refractivity contribution < 1.29 is 5.11 Å². The number of benzene rings is 1. The van der Waals surface area contributed by atoms with Gasteiger partial charge in [-0.05, 0) is 36.6 Å². The molecule has 0 atom stereocenters. The molecule has 0 spiro atoms. The van der Waals surface area contributed by atoms with E-state index in [0.29, 0.717) is 23.6 Å². The zero-order chi connectivity index (χ0) is 15.4. The van der Waals surface area contributed by atoms with Crippen LogP contribution in [0.15, 0.2) is 34.0 Å². The molecule has 6 nitrogen and oxygen atoms in total. The van der Waals surface area contributed by atoms with Gasteiger partial charge in [0, 0.05) is 23.8 Å². The van der Waals surface area contributed by atoms with Crippen LogP contribution in [0.2, 0.25) is 5.02 Å². The average molecular weight is 310 g/mol. The fraction of sp³-hybridized carbons (Fsp3) is 0.286. The Labute approximate surface area is 126 Å². The Morgan fingerprint density at radius 3 is 2.86 bits per heavy atom. The Kier molecular flexibility index (Phi) is 4.82. The molecule has 1 aromatic heterocycles. The third-order valence-electron chi connectivity index (χ3n) is 3.13. The summed E-state index contributed by atoms with van der Waals surface area (Å²) in [4.78, 5) is 25.4. The maximum Gasteiger partial charge on any atom is 0.329 e. The van der Waals surface area contributed by atoms with Crippen LogP contribution in [0.5, 0.6) is 5.75 Å². The molecule has 0 aliphatic rings. The van der Waals surface area contributed by atoms with Crippen LogP contribution in [0.4, 0.5) is 0 Å². The van der Waals surface area contributed by atoms with Gasteiger partial charge in [0.1, 0.15) is 5.75 Å². The van der Waals surface area contributed by atoms with Crippen LogP contribution in [0.1, 0.15) is 11.1 Å². The van der Waals surface area contributed by atoms with Gasteiger partial charge in [-0.1, -0.05) is 11.6 Å². The third-order valence-corrected chi connectivity index (χ3v) is 3.35. The van der Waals surface area contributed by atoms with E-state index in [4.69, 9.17) is 11.6 Å². The largest absolute Gasteiger partial charge is 0.507 e. The second kappa shape index (κ2) is 6.60. The van der Waals surface area contributed by atoms with Gasteiger partial charge < -0.3 is 10.1 Å². The van der Waals surface area contributed by atoms with E-state index < -0.39 is 5.69 Å². The lowest BCUT2D eigenvalue weighted by atomic mass is 10.1. The van der Waals surface area contributed by atoms with E-state index in [0.717, 1.165) is 10.1 Å². The van der Waals surface area contributed by atoms with Gasteiger partial charge in [0.2, 0.25) is 0 Å². The molecule has 0 saturated carbocycles. The van der Waals surface area contributed by atoms with Gasteiger partial charge >= 0.3 is 5.69 Å². The molecule has 1 heterocycles. The molecule has 1 aromatic carbocycles. The van der Waals surface area contributed by atoms with Crippen LogP contribution in [0.3, 0.4) is 0 Å². The predicted octanol–water partition coefficient (Wildman–Crippen LogP) is 0.994. The molecule has 7 heteroatoms. The number of H-pyrrole nitrogens is 1. The predicted molar refractivity (Wildman–Crippen MR) is 80.9 cm³/mol. The number of aromatic amines is 1. The summed E-state index contributed by atoms with van der Waals surface area (Å²) in [5, 5.41) is 13.5. The highest BCUT2D eigenvalue weighted by molar-refractivity contribution is 6.30. The highest BCUT2D eigenvalue weighted by Gasteiger charge is 2.06. The maximum absolute atomic E-state index is 11.5. The number of nitrogens with zero attached hydrogens (tertiary/aromatic N) is 1. The molecular weight excluding hydrogens is 294 g/mol. The lowest BCUT2D eigenvalue weighted by Crippen LogP contribution is -2.39. The first kappa shape index (κ1) is 15.3. The van der Waals surface area contributed by atoms with Crippen molar-refractivity contribution in [3.05, 3.63) is 61.4 Å². The molecule has 0 aliphatic carbocycles. The van der Waals surface area contributed by atoms with E-state index in [2.05, 4.69) is 10.3 Å². The molecule has 3 N–H and O–H groups in total. The lowest BCUT2D eigenvalue weighted by molar-refractivity contribution is 0.460. The summed E-state index contributed by atoms with van der Waals surface area (Å²) < 4.78 is 1.06. The number of hydrogen-bond acceptors (Lipinski definition) is 4. The van der Waals surface area contributed by atoms with Crippen molar-refractivity contribution >= 4 is 11.6 Å². The number of aryl methyl sites for hydroxylation is 1. The Balaban J connectivity index is 1.97. The Hall–Kier alpha value is -2.05. The van der Waals surface area contributed by atoms with E-state index in [-0.39, 0.29) is 18.0 Å². The molecule has 0 aliphatic heterocycles. The topological polar surface area (TPSA) is 87.1 Å². The minimum Gasteiger partial charge on any atom is -0.507 e. The molecule has 112 valence electrons. The van der Waals surface area contributed by atoms with Crippen molar-refractivity contribution in [1.29, 1.82) is 0 Å². The van der Waals surface area contributed by atoms with Gasteiger partial charge in [0.25, 0.3) is 5.56 Å². The quantitative estimate of drug-likeness (QED) is 0.719. The number of hydrogen-bond donors (Lipinski definition) is 3. The number of nitrogens with one attached hydrogen (secondary N) is 2. The van der Waals surface area contributed by atoms with Crippen molar-refractivity contribution in [2.24, 2.45) is 0 Å². The SMILES string of the molecule is Cc1cc(Cl)cc(CCNCn2c(=O)cc[nH]c2=O)c1O. The molecular formula is C14H16ClN3O3. The maximum atomic E-state index is 11.5. The first-order valence-corrected chi connectivity index (χ1v) is 6.84. The third kappa shape index (κ3) is 3.74. The van der Waals surface area contributed by atoms with Crippen LogP contribution in [0.25, 0.3) is 0 Å². The molecule has 2 aromatic rings. The fourth-order valence-corrected chi connectivity index (χ4v) is 2.31. The van der Waals surface area contributed by atoms with Crippen molar-refractivity contribution in [2.75, 3.05) is 6.54 Å². The van der Waals surface area contributed by atoms with E-state index in [1.807, 2.05) is 0 Å². The summed E-state index contributed by atoms with van der Waals surface area (Å²) >= 11 is 5.95. The number of phenolic OH excluding ortho intramolecular Hbond substituents is 1. The molecule has 0 fully saturated rings. The highest BCUT2D eigenvalue weighted by atomic mass is 35.5. The van der Waals surface area contributed by atoms with Gasteiger partial charge in [-0.3, -0.25) is 10.1 Å². The van der Waals surface area contributed by atoms with Gasteiger partial charge in [-0.25, -0.2) is 9.36 Å². The van der Waals surface area contributed by atoms with Gasteiger partial charge in [-0.2, -0.15) is 0 Å². The zero-order valence-corrected chi connectivity index (χ0v) is 12.3. The second-order valence-corrected chi connectivity index (χ2v) is 5.12. The molecule has 2 rings (SSSR count). The fourth-order valence-electron chi connectivity index (χ4n) is 2.01. The minimum absolute atomic E-state index is 0.106. The first-order valence-electron chi connectivity index (χ1n) is 6.46. The summed E-state index contributed by atoms with van der Waals surface area (Å²) in [6.07, 6.45) is 1.85. The summed E-state index contributed by atoms with van der Waals surface area (Å²) in [6.45, 7) is 2.38. The average Bonchev–Trinajstić information content (AvgIpc) is 2.42. The van der Waals surface area contributed by atoms with Gasteiger partial charge in [0.05, 0.1) is 6.67 Å². The number of halogens is 1. The van der Waals surface area contributed by atoms with E-state index >= 15 is 0 Å². The molecule has 0 bridgehead atoms. The Morgan fingerprint density at radius 2 is 2.14 bits per heavy atom. The van der Waals surface area contributed by atoms with Crippen molar-refractivity contribution in [3.63, 3.8) is 0 Å². The molecule has 0 unspecified atom stereocenters. The number of rotatable bonds is 5. The first-order chi connectivity index (χ1) is 9.99. The smallest absolute Gasteiger partial charge is 0.329 e. The van der Waals surface area contributed by atoms with Crippen LogP contribution in [-0.4, -0.2) is 21.2 Å². The van der Waals surface area contributed by atoms with Gasteiger partial charge in [-0.15, -0.1) is 0 Å². The summed E-state index contributed by atoms with van der Waals surface area (Å²) in [6, 6.07) is 4.68. The Bertz CT molecular complexity index is 724. The molecule has 0 amide bonds. The molecule has 0 saturated heterocycles. The van der Waals surface area contributed by atoms with Crippen molar-refractivity contribution in [3.8, 4) is 5.75 Å². The second-order valence-electron chi connectivity index (χ2n) is 4.69. The van der Waals surface area contributed by atoms with Crippen molar-refractivity contribution in [1.82, 2.24) is 14.9 Å². The number of phenols is 1. The Morgan fingerprint density at radius 1 is 1.38 bits per heavy atom. The van der Waals surface area contributed by atoms with Crippen LogP contribution in [-0.2, 0) is 13.1 Å². The number of aromatic hydroxyl groups is 1. The number of aromatic nitrogens is 2. The molecule has 0 radical (unpaired) electrons. The molecule has 21 heavy (non-hydrogen) atoms. The summed E-state index contributed by atoms with van der Waals surface area (Å²) in [7, 11) is 0.